The van der Waals surface area contributed by atoms with Gasteiger partial charge in [-0.15, -0.1) is 0 Å². The third-order valence-corrected chi connectivity index (χ3v) is 5.43. The molecule has 0 aliphatic heterocycles. The summed E-state index contributed by atoms with van der Waals surface area (Å²) in [4.78, 5) is 2.38. The maximum absolute atomic E-state index is 5.99. The molecule has 2 unspecified atom stereocenters. The molecule has 4 heteroatoms. The van der Waals surface area contributed by atoms with E-state index in [-0.39, 0.29) is 6.04 Å². The van der Waals surface area contributed by atoms with Crippen LogP contribution in [0.2, 0.25) is 0 Å². The van der Waals surface area contributed by atoms with E-state index in [0.29, 0.717) is 18.5 Å². The average Bonchev–Trinajstić information content (AvgIpc) is 2.33. The molecule has 19 heavy (non-hydrogen) atoms. The number of nitrogens with zero attached hydrogens (tertiary/aromatic N) is 1. The summed E-state index contributed by atoms with van der Waals surface area (Å²) in [5, 5.41) is 0. The second-order valence-electron chi connectivity index (χ2n) is 5.57. The molecular weight excluding hydrogens is 368 g/mol. The van der Waals surface area contributed by atoms with Crippen molar-refractivity contribution in [3.8, 4) is 0 Å². The third-order valence-electron chi connectivity index (χ3n) is 3.55. The van der Waals surface area contributed by atoms with E-state index in [2.05, 4.69) is 82.8 Å². The fourth-order valence-corrected chi connectivity index (χ4v) is 3.06. The molecule has 2 atom stereocenters. The van der Waals surface area contributed by atoms with Crippen LogP contribution in [-0.4, -0.2) is 24.5 Å². The van der Waals surface area contributed by atoms with E-state index in [1.165, 1.54) is 12.0 Å². The van der Waals surface area contributed by atoms with Gasteiger partial charge in [-0.25, -0.2) is 0 Å². The summed E-state index contributed by atoms with van der Waals surface area (Å²) in [6.45, 7) is 7.43. The fourth-order valence-electron chi connectivity index (χ4n) is 2.41. The van der Waals surface area contributed by atoms with E-state index in [0.717, 1.165) is 8.95 Å². The number of rotatable bonds is 6. The zero-order valence-electron chi connectivity index (χ0n) is 12.2. The maximum Gasteiger partial charge on any atom is 0.0470 e. The molecule has 0 saturated carbocycles. The summed E-state index contributed by atoms with van der Waals surface area (Å²) >= 11 is 7.07. The summed E-state index contributed by atoms with van der Waals surface area (Å²) in [5.41, 5.74) is 7.25. The molecule has 0 fully saturated rings. The number of halogens is 2. The predicted octanol–water partition coefficient (Wildman–Crippen LogP) is 4.58. The molecule has 1 rings (SSSR count). The zero-order chi connectivity index (χ0) is 14.6. The van der Waals surface area contributed by atoms with Crippen molar-refractivity contribution < 1.29 is 0 Å². The van der Waals surface area contributed by atoms with Crippen LogP contribution in [0.5, 0.6) is 0 Å². The Morgan fingerprint density at radius 1 is 1.16 bits per heavy atom. The molecule has 2 nitrogen and oxygen atoms in total. The van der Waals surface area contributed by atoms with Gasteiger partial charge >= 0.3 is 0 Å². The number of nitrogens with two attached hydrogens (primary N) is 1. The van der Waals surface area contributed by atoms with Gasteiger partial charge in [0.25, 0.3) is 0 Å². The molecule has 1 aromatic carbocycles. The van der Waals surface area contributed by atoms with Crippen molar-refractivity contribution in [3.05, 3.63) is 32.7 Å². The molecule has 0 aromatic heterocycles. The highest BCUT2D eigenvalue weighted by Gasteiger charge is 2.21. The highest BCUT2D eigenvalue weighted by Crippen LogP contribution is 2.29. The van der Waals surface area contributed by atoms with Crippen molar-refractivity contribution in [2.75, 3.05) is 13.6 Å². The van der Waals surface area contributed by atoms with Crippen LogP contribution >= 0.6 is 31.9 Å². The summed E-state index contributed by atoms with van der Waals surface area (Å²) in [5.74, 6) is 0.701. The van der Waals surface area contributed by atoms with Gasteiger partial charge in [-0.2, -0.15) is 0 Å². The summed E-state index contributed by atoms with van der Waals surface area (Å²) < 4.78 is 2.15. The lowest BCUT2D eigenvalue weighted by Gasteiger charge is -2.34. The molecule has 0 aliphatic carbocycles. The van der Waals surface area contributed by atoms with Crippen LogP contribution in [0.15, 0.2) is 27.1 Å². The average molecular weight is 392 g/mol. The Bertz CT molecular complexity index is 407. The van der Waals surface area contributed by atoms with Crippen molar-refractivity contribution in [2.45, 2.75) is 39.3 Å². The van der Waals surface area contributed by atoms with Crippen molar-refractivity contribution >= 4 is 31.9 Å². The van der Waals surface area contributed by atoms with Gasteiger partial charge in [-0.05, 0) is 75.9 Å². The van der Waals surface area contributed by atoms with E-state index >= 15 is 0 Å². The van der Waals surface area contributed by atoms with Crippen LogP contribution < -0.4 is 5.73 Å². The second-order valence-corrected chi connectivity index (χ2v) is 7.28. The molecule has 0 bridgehead atoms. The smallest absolute Gasteiger partial charge is 0.0470 e. The van der Waals surface area contributed by atoms with Crippen LogP contribution in [0.3, 0.4) is 0 Å². The molecule has 0 radical (unpaired) electrons. The highest BCUT2D eigenvalue weighted by molar-refractivity contribution is 9.13. The molecular formula is C15H24Br2N2. The quantitative estimate of drug-likeness (QED) is 0.768. The van der Waals surface area contributed by atoms with Crippen LogP contribution in [0.1, 0.15) is 38.8 Å². The Kier molecular flexibility index (Phi) is 7.01. The summed E-state index contributed by atoms with van der Waals surface area (Å²) in [6.07, 6.45) is 1.19. The Balaban J connectivity index is 2.89. The largest absolute Gasteiger partial charge is 0.329 e. The van der Waals surface area contributed by atoms with Gasteiger partial charge in [0.15, 0.2) is 0 Å². The van der Waals surface area contributed by atoms with Gasteiger partial charge in [0.2, 0.25) is 0 Å². The van der Waals surface area contributed by atoms with Crippen molar-refractivity contribution in [1.29, 1.82) is 0 Å². The monoisotopic (exact) mass is 390 g/mol. The minimum Gasteiger partial charge on any atom is -0.329 e. The van der Waals surface area contributed by atoms with Gasteiger partial charge < -0.3 is 5.73 Å². The van der Waals surface area contributed by atoms with Gasteiger partial charge in [-0.3, -0.25) is 4.90 Å². The molecule has 1 aromatic rings. The summed E-state index contributed by atoms with van der Waals surface area (Å²) in [6, 6.07) is 7.16. The first-order valence-electron chi connectivity index (χ1n) is 6.73. The van der Waals surface area contributed by atoms with Crippen molar-refractivity contribution in [2.24, 2.45) is 11.7 Å². The fraction of sp³-hybridized carbons (Fsp3) is 0.600. The van der Waals surface area contributed by atoms with E-state index in [4.69, 9.17) is 5.73 Å². The Hall–Kier alpha value is 0.1000. The van der Waals surface area contributed by atoms with Crippen LogP contribution in [-0.2, 0) is 0 Å². The third kappa shape index (κ3) is 4.85. The first kappa shape index (κ1) is 17.2. The topological polar surface area (TPSA) is 29.3 Å². The molecule has 108 valence electrons. The molecule has 2 N–H and O–H groups in total. The molecule has 0 aliphatic rings. The predicted molar refractivity (Wildman–Crippen MR) is 90.3 cm³/mol. The molecule has 0 saturated heterocycles. The minimum absolute atomic E-state index is 0.262. The number of hydrogen-bond donors (Lipinski definition) is 1. The van der Waals surface area contributed by atoms with Crippen LogP contribution in [0.4, 0.5) is 0 Å². The Morgan fingerprint density at radius 3 is 2.26 bits per heavy atom. The first-order chi connectivity index (χ1) is 8.86. The lowest BCUT2D eigenvalue weighted by atomic mass is 9.99. The minimum atomic E-state index is 0.262. The van der Waals surface area contributed by atoms with E-state index in [1.807, 2.05) is 0 Å². The Morgan fingerprint density at radius 2 is 1.79 bits per heavy atom. The SMILES string of the molecule is CC(C)CC(C)N(C)C(CN)c1ccc(Br)c(Br)c1. The van der Waals surface area contributed by atoms with Gasteiger partial charge in [0.1, 0.15) is 0 Å². The molecule has 0 amide bonds. The van der Waals surface area contributed by atoms with Crippen LogP contribution in [0, 0.1) is 5.92 Å². The van der Waals surface area contributed by atoms with Crippen molar-refractivity contribution in [3.63, 3.8) is 0 Å². The van der Waals surface area contributed by atoms with Gasteiger partial charge in [-0.1, -0.05) is 19.9 Å². The normalized spacial score (nSPS) is 15.0. The number of hydrogen-bond acceptors (Lipinski definition) is 2. The zero-order valence-corrected chi connectivity index (χ0v) is 15.3. The molecule has 0 heterocycles. The van der Waals surface area contributed by atoms with Crippen molar-refractivity contribution in [1.82, 2.24) is 4.90 Å². The maximum atomic E-state index is 5.99. The number of likely N-dealkylation sites (N-methyl/N-ethyl adjacent to an activating group) is 1. The van der Waals surface area contributed by atoms with Gasteiger partial charge in [0, 0.05) is 27.6 Å². The standard InChI is InChI=1S/C15H24Br2N2/c1-10(2)7-11(3)19(4)15(9-18)12-5-6-13(16)14(17)8-12/h5-6,8,10-11,15H,7,9,18H2,1-4H3. The summed E-state index contributed by atoms with van der Waals surface area (Å²) in [7, 11) is 2.17. The highest BCUT2D eigenvalue weighted by atomic mass is 79.9. The van der Waals surface area contributed by atoms with E-state index < -0.39 is 0 Å². The van der Waals surface area contributed by atoms with E-state index in [1.54, 1.807) is 0 Å². The lowest BCUT2D eigenvalue weighted by Crippen LogP contribution is -2.37. The van der Waals surface area contributed by atoms with Gasteiger partial charge in [0.05, 0.1) is 0 Å². The first-order valence-corrected chi connectivity index (χ1v) is 8.32. The number of benzene rings is 1. The van der Waals surface area contributed by atoms with E-state index in [9.17, 15) is 0 Å². The molecule has 0 spiro atoms. The second kappa shape index (κ2) is 7.77. The lowest BCUT2D eigenvalue weighted by molar-refractivity contribution is 0.168. The van der Waals surface area contributed by atoms with Crippen LogP contribution in [0.25, 0.3) is 0 Å². The Labute approximate surface area is 134 Å².